The standard InChI is InChI=1S/C15H16N2O2S/c1-10-6-8-17-15(13(10)14(16)20)19-12-5-3-2-4-11(12)7-9-18/h2-6,8,18H,7,9H2,1H3,(H2,16,20). The lowest BCUT2D eigenvalue weighted by Gasteiger charge is -2.13. The maximum absolute atomic E-state index is 9.09. The third kappa shape index (κ3) is 3.12. The number of aryl methyl sites for hydroxylation is 1. The van der Waals surface area contributed by atoms with Crippen molar-refractivity contribution in [3.8, 4) is 11.6 Å². The third-order valence-corrected chi connectivity index (χ3v) is 3.14. The zero-order chi connectivity index (χ0) is 14.5. The van der Waals surface area contributed by atoms with E-state index in [9.17, 15) is 0 Å². The van der Waals surface area contributed by atoms with Gasteiger partial charge >= 0.3 is 0 Å². The molecule has 0 aliphatic carbocycles. The van der Waals surface area contributed by atoms with E-state index in [-0.39, 0.29) is 11.6 Å². The molecule has 0 radical (unpaired) electrons. The molecule has 4 nitrogen and oxygen atoms in total. The first kappa shape index (κ1) is 14.4. The lowest BCUT2D eigenvalue weighted by molar-refractivity contribution is 0.297. The number of thiocarbonyl (C=S) groups is 1. The molecule has 5 heteroatoms. The summed E-state index contributed by atoms with van der Waals surface area (Å²) in [6, 6.07) is 9.34. The van der Waals surface area contributed by atoms with Gasteiger partial charge in [0.2, 0.25) is 5.88 Å². The number of pyridine rings is 1. The number of nitrogens with two attached hydrogens (primary N) is 1. The number of aromatic nitrogens is 1. The Morgan fingerprint density at radius 2 is 2.10 bits per heavy atom. The number of aliphatic hydroxyl groups excluding tert-OH is 1. The van der Waals surface area contributed by atoms with E-state index in [1.807, 2.05) is 37.3 Å². The van der Waals surface area contributed by atoms with Gasteiger partial charge < -0.3 is 15.6 Å². The molecule has 0 saturated carbocycles. The Kier molecular flexibility index (Phi) is 4.65. The smallest absolute Gasteiger partial charge is 0.229 e. The monoisotopic (exact) mass is 288 g/mol. The van der Waals surface area contributed by atoms with Crippen molar-refractivity contribution in [2.24, 2.45) is 5.73 Å². The SMILES string of the molecule is Cc1ccnc(Oc2ccccc2CCO)c1C(N)=S. The van der Waals surface area contributed by atoms with E-state index < -0.39 is 0 Å². The Bertz CT molecular complexity index is 629. The minimum Gasteiger partial charge on any atom is -0.438 e. The van der Waals surface area contributed by atoms with Crippen molar-refractivity contribution in [3.63, 3.8) is 0 Å². The topological polar surface area (TPSA) is 68.4 Å². The summed E-state index contributed by atoms with van der Waals surface area (Å²) >= 11 is 5.06. The zero-order valence-electron chi connectivity index (χ0n) is 11.2. The molecule has 0 fully saturated rings. The highest BCUT2D eigenvalue weighted by atomic mass is 32.1. The van der Waals surface area contributed by atoms with Crippen molar-refractivity contribution >= 4 is 17.2 Å². The minimum absolute atomic E-state index is 0.0593. The van der Waals surface area contributed by atoms with Crippen LogP contribution in [0.2, 0.25) is 0 Å². The van der Waals surface area contributed by atoms with Crippen LogP contribution in [0.1, 0.15) is 16.7 Å². The number of benzene rings is 1. The number of ether oxygens (including phenoxy) is 1. The van der Waals surface area contributed by atoms with Crippen LogP contribution in [0, 0.1) is 6.92 Å². The highest BCUT2D eigenvalue weighted by molar-refractivity contribution is 7.80. The van der Waals surface area contributed by atoms with Crippen molar-refractivity contribution in [2.45, 2.75) is 13.3 Å². The van der Waals surface area contributed by atoms with E-state index in [0.717, 1.165) is 11.1 Å². The molecule has 2 rings (SSSR count). The van der Waals surface area contributed by atoms with Gasteiger partial charge in [-0.05, 0) is 36.6 Å². The molecule has 2 aromatic rings. The second-order valence-corrected chi connectivity index (χ2v) is 4.80. The van der Waals surface area contributed by atoms with Gasteiger partial charge in [-0.1, -0.05) is 30.4 Å². The van der Waals surface area contributed by atoms with Gasteiger partial charge in [-0.15, -0.1) is 0 Å². The van der Waals surface area contributed by atoms with Gasteiger partial charge in [-0.2, -0.15) is 0 Å². The molecule has 104 valence electrons. The van der Waals surface area contributed by atoms with Gasteiger partial charge in [0.25, 0.3) is 0 Å². The zero-order valence-corrected chi connectivity index (χ0v) is 12.0. The summed E-state index contributed by atoms with van der Waals surface area (Å²) in [5.41, 5.74) is 8.21. The summed E-state index contributed by atoms with van der Waals surface area (Å²) < 4.78 is 5.85. The van der Waals surface area contributed by atoms with Crippen LogP contribution >= 0.6 is 12.2 Å². The highest BCUT2D eigenvalue weighted by Gasteiger charge is 2.13. The molecule has 0 bridgehead atoms. The summed E-state index contributed by atoms with van der Waals surface area (Å²) in [6.07, 6.45) is 2.17. The molecule has 0 amide bonds. The Morgan fingerprint density at radius 1 is 1.35 bits per heavy atom. The molecular weight excluding hydrogens is 272 g/mol. The van der Waals surface area contributed by atoms with E-state index in [2.05, 4.69) is 4.98 Å². The van der Waals surface area contributed by atoms with Crippen LogP contribution in [0.15, 0.2) is 36.5 Å². The predicted octanol–water partition coefficient (Wildman–Crippen LogP) is 2.35. The Labute approximate surface area is 123 Å². The number of para-hydroxylation sites is 1. The molecule has 1 aromatic carbocycles. The lowest BCUT2D eigenvalue weighted by Crippen LogP contribution is -2.13. The Hall–Kier alpha value is -1.98. The molecule has 20 heavy (non-hydrogen) atoms. The van der Waals surface area contributed by atoms with Crippen LogP contribution in [0.3, 0.4) is 0 Å². The van der Waals surface area contributed by atoms with Crippen LogP contribution in [0.25, 0.3) is 0 Å². The molecule has 0 atom stereocenters. The quantitative estimate of drug-likeness (QED) is 0.827. The molecular formula is C15H16N2O2S. The van der Waals surface area contributed by atoms with E-state index in [4.69, 9.17) is 27.8 Å². The van der Waals surface area contributed by atoms with Crippen molar-refractivity contribution in [1.82, 2.24) is 4.98 Å². The van der Waals surface area contributed by atoms with Gasteiger partial charge in [0.1, 0.15) is 10.7 Å². The number of rotatable bonds is 5. The van der Waals surface area contributed by atoms with Gasteiger partial charge in [0.15, 0.2) is 0 Å². The van der Waals surface area contributed by atoms with Gasteiger partial charge in [0, 0.05) is 12.8 Å². The minimum atomic E-state index is 0.0593. The first-order chi connectivity index (χ1) is 9.63. The number of hydrogen-bond acceptors (Lipinski definition) is 4. The number of aliphatic hydroxyl groups is 1. The first-order valence-electron chi connectivity index (χ1n) is 6.25. The molecule has 0 aliphatic rings. The van der Waals surface area contributed by atoms with Gasteiger partial charge in [-0.3, -0.25) is 0 Å². The van der Waals surface area contributed by atoms with Crippen LogP contribution in [0.4, 0.5) is 0 Å². The number of nitrogens with zero attached hydrogens (tertiary/aromatic N) is 1. The average molecular weight is 288 g/mol. The summed E-state index contributed by atoms with van der Waals surface area (Å²) in [7, 11) is 0. The van der Waals surface area contributed by atoms with Crippen molar-refractivity contribution < 1.29 is 9.84 Å². The van der Waals surface area contributed by atoms with Crippen LogP contribution in [-0.4, -0.2) is 21.7 Å². The molecule has 0 spiro atoms. The summed E-state index contributed by atoms with van der Waals surface area (Å²) in [5, 5.41) is 9.09. The van der Waals surface area contributed by atoms with Crippen molar-refractivity contribution in [2.75, 3.05) is 6.61 Å². The largest absolute Gasteiger partial charge is 0.438 e. The van der Waals surface area contributed by atoms with Gasteiger partial charge in [-0.25, -0.2) is 4.98 Å². The fourth-order valence-electron chi connectivity index (χ4n) is 1.94. The van der Waals surface area contributed by atoms with Crippen LogP contribution in [-0.2, 0) is 6.42 Å². The lowest BCUT2D eigenvalue weighted by atomic mass is 10.1. The molecule has 1 aromatic heterocycles. The second kappa shape index (κ2) is 6.45. The first-order valence-corrected chi connectivity index (χ1v) is 6.66. The summed E-state index contributed by atoms with van der Waals surface area (Å²) in [5.74, 6) is 1.04. The fraction of sp³-hybridized carbons (Fsp3) is 0.200. The Balaban J connectivity index is 2.40. The van der Waals surface area contributed by atoms with E-state index >= 15 is 0 Å². The van der Waals surface area contributed by atoms with Crippen molar-refractivity contribution in [3.05, 3.63) is 53.2 Å². The predicted molar refractivity (Wildman–Crippen MR) is 82.2 cm³/mol. The van der Waals surface area contributed by atoms with Crippen LogP contribution in [0.5, 0.6) is 11.6 Å². The molecule has 0 unspecified atom stereocenters. The highest BCUT2D eigenvalue weighted by Crippen LogP contribution is 2.28. The number of hydrogen-bond donors (Lipinski definition) is 2. The maximum atomic E-state index is 9.09. The molecule has 0 saturated heterocycles. The molecule has 3 N–H and O–H groups in total. The summed E-state index contributed by atoms with van der Waals surface area (Å²) in [4.78, 5) is 4.46. The van der Waals surface area contributed by atoms with Gasteiger partial charge in [0.05, 0.1) is 5.56 Å². The van der Waals surface area contributed by atoms with Crippen molar-refractivity contribution in [1.29, 1.82) is 0 Å². The molecule has 1 heterocycles. The normalized spacial score (nSPS) is 10.3. The fourth-order valence-corrected chi connectivity index (χ4v) is 2.19. The van der Waals surface area contributed by atoms with E-state index in [0.29, 0.717) is 23.6 Å². The third-order valence-electron chi connectivity index (χ3n) is 2.93. The Morgan fingerprint density at radius 3 is 2.80 bits per heavy atom. The van der Waals surface area contributed by atoms with E-state index in [1.165, 1.54) is 0 Å². The maximum Gasteiger partial charge on any atom is 0.229 e. The molecule has 0 aliphatic heterocycles. The van der Waals surface area contributed by atoms with E-state index in [1.54, 1.807) is 6.20 Å². The second-order valence-electron chi connectivity index (χ2n) is 4.36. The van der Waals surface area contributed by atoms with Crippen LogP contribution < -0.4 is 10.5 Å². The average Bonchev–Trinajstić information content (AvgIpc) is 2.41. The summed E-state index contributed by atoms with van der Waals surface area (Å²) in [6.45, 7) is 1.96.